The second-order valence-corrected chi connectivity index (χ2v) is 7.86. The molecule has 1 spiro atoms. The third-order valence-corrected chi connectivity index (χ3v) is 5.80. The molecule has 1 saturated carbocycles. The normalized spacial score (nSPS) is 29.8. The summed E-state index contributed by atoms with van der Waals surface area (Å²) in [5, 5.41) is 2.96. The molecule has 134 valence electrons. The highest BCUT2D eigenvalue weighted by Gasteiger charge is 2.52. The molecule has 0 radical (unpaired) electrons. The summed E-state index contributed by atoms with van der Waals surface area (Å²) in [5.74, 6) is 1.37. The van der Waals surface area contributed by atoms with Crippen molar-refractivity contribution in [1.82, 2.24) is 15.2 Å². The average Bonchev–Trinajstić information content (AvgIpc) is 3.35. The number of likely N-dealkylation sites (tertiary alicyclic amines) is 1. The molecule has 1 aliphatic carbocycles. The van der Waals surface area contributed by atoms with Gasteiger partial charge in [-0.15, -0.1) is 0 Å². The molecule has 6 nitrogen and oxygen atoms in total. The molecule has 4 rings (SSSR count). The van der Waals surface area contributed by atoms with Crippen LogP contribution in [0.5, 0.6) is 0 Å². The lowest BCUT2D eigenvalue weighted by Gasteiger charge is -2.53. The quantitative estimate of drug-likeness (QED) is 0.899. The van der Waals surface area contributed by atoms with Gasteiger partial charge in [0, 0.05) is 24.9 Å². The van der Waals surface area contributed by atoms with Gasteiger partial charge in [-0.3, -0.25) is 14.6 Å². The summed E-state index contributed by atoms with van der Waals surface area (Å²) < 4.78 is 6.10. The van der Waals surface area contributed by atoms with Crippen LogP contribution in [0.2, 0.25) is 0 Å². The van der Waals surface area contributed by atoms with E-state index in [1.807, 2.05) is 4.90 Å². The molecule has 1 aromatic heterocycles. The zero-order valence-electron chi connectivity index (χ0n) is 14.6. The largest absolute Gasteiger partial charge is 0.371 e. The number of hydrogen-bond acceptors (Lipinski definition) is 4. The van der Waals surface area contributed by atoms with Crippen molar-refractivity contribution in [3.63, 3.8) is 0 Å². The fraction of sp³-hybridized carbons (Fsp3) is 0.632. The average molecular weight is 343 g/mol. The van der Waals surface area contributed by atoms with Crippen molar-refractivity contribution in [3.8, 4) is 0 Å². The predicted molar refractivity (Wildman–Crippen MR) is 91.8 cm³/mol. The van der Waals surface area contributed by atoms with Gasteiger partial charge in [0.05, 0.1) is 25.3 Å². The van der Waals surface area contributed by atoms with Crippen LogP contribution in [0.3, 0.4) is 0 Å². The second kappa shape index (κ2) is 6.41. The number of pyridine rings is 1. The molecule has 3 heterocycles. The standard InChI is InChI=1S/C19H25N3O3/c1-13-7-16(13)18(24)22-11-19(12-22)5-4-14(10-25-19)8-21-17(23)15-3-2-6-20-9-15/h2-3,6,9,13-14,16H,4-5,7-8,10-12H2,1H3,(H,21,23). The summed E-state index contributed by atoms with van der Waals surface area (Å²) in [6.45, 7) is 4.88. The van der Waals surface area contributed by atoms with Crippen molar-refractivity contribution in [3.05, 3.63) is 30.1 Å². The second-order valence-electron chi connectivity index (χ2n) is 7.86. The third-order valence-electron chi connectivity index (χ3n) is 5.80. The summed E-state index contributed by atoms with van der Waals surface area (Å²) in [5.41, 5.74) is 0.454. The third kappa shape index (κ3) is 3.40. The van der Waals surface area contributed by atoms with E-state index in [0.717, 1.165) is 32.4 Å². The van der Waals surface area contributed by atoms with Crippen molar-refractivity contribution in [2.75, 3.05) is 26.2 Å². The fourth-order valence-corrected chi connectivity index (χ4v) is 3.87. The van der Waals surface area contributed by atoms with E-state index in [1.54, 1.807) is 24.5 Å². The minimum Gasteiger partial charge on any atom is -0.371 e. The van der Waals surface area contributed by atoms with Gasteiger partial charge in [-0.2, -0.15) is 0 Å². The first-order valence-corrected chi connectivity index (χ1v) is 9.17. The zero-order chi connectivity index (χ0) is 17.4. The molecule has 1 N–H and O–H groups in total. The van der Waals surface area contributed by atoms with E-state index in [-0.39, 0.29) is 17.4 Å². The Labute approximate surface area is 147 Å². The molecule has 3 unspecified atom stereocenters. The van der Waals surface area contributed by atoms with Crippen LogP contribution in [0.1, 0.15) is 36.5 Å². The highest BCUT2D eigenvalue weighted by Crippen LogP contribution is 2.43. The monoisotopic (exact) mass is 343 g/mol. The van der Waals surface area contributed by atoms with Crippen molar-refractivity contribution >= 4 is 11.8 Å². The van der Waals surface area contributed by atoms with Crippen molar-refractivity contribution in [1.29, 1.82) is 0 Å². The molecule has 2 saturated heterocycles. The van der Waals surface area contributed by atoms with E-state index in [0.29, 0.717) is 36.5 Å². The van der Waals surface area contributed by atoms with Gasteiger partial charge in [0.15, 0.2) is 0 Å². The van der Waals surface area contributed by atoms with Gasteiger partial charge < -0.3 is 15.0 Å². The van der Waals surface area contributed by atoms with E-state index in [4.69, 9.17) is 4.74 Å². The first-order valence-electron chi connectivity index (χ1n) is 9.17. The topological polar surface area (TPSA) is 71.5 Å². The van der Waals surface area contributed by atoms with Crippen LogP contribution >= 0.6 is 0 Å². The van der Waals surface area contributed by atoms with E-state index < -0.39 is 0 Å². The van der Waals surface area contributed by atoms with Crippen LogP contribution in [0, 0.1) is 17.8 Å². The Balaban J connectivity index is 1.19. The predicted octanol–water partition coefficient (Wildman–Crippen LogP) is 1.47. The maximum Gasteiger partial charge on any atom is 0.252 e. The van der Waals surface area contributed by atoms with Gasteiger partial charge in [0.1, 0.15) is 5.60 Å². The molecule has 3 aliphatic rings. The Bertz CT molecular complexity index is 647. The Hall–Kier alpha value is -1.95. The number of nitrogens with one attached hydrogen (secondary N) is 1. The smallest absolute Gasteiger partial charge is 0.252 e. The first kappa shape index (κ1) is 16.5. The Kier molecular flexibility index (Phi) is 4.23. The first-order chi connectivity index (χ1) is 12.1. The minimum atomic E-state index is -0.127. The number of nitrogens with zero attached hydrogens (tertiary/aromatic N) is 2. The van der Waals surface area contributed by atoms with Crippen LogP contribution in [0.15, 0.2) is 24.5 Å². The van der Waals surface area contributed by atoms with Gasteiger partial charge in [0.25, 0.3) is 5.91 Å². The lowest BCUT2D eigenvalue weighted by atomic mass is 9.82. The number of rotatable bonds is 4. The summed E-state index contributed by atoms with van der Waals surface area (Å²) in [4.78, 5) is 30.2. The number of ether oxygens (including phenoxy) is 1. The van der Waals surface area contributed by atoms with Gasteiger partial charge >= 0.3 is 0 Å². The molecular formula is C19H25N3O3. The van der Waals surface area contributed by atoms with Crippen molar-refractivity contribution < 1.29 is 14.3 Å². The molecule has 0 aromatic carbocycles. The van der Waals surface area contributed by atoms with Crippen molar-refractivity contribution in [2.45, 2.75) is 31.8 Å². The van der Waals surface area contributed by atoms with Crippen LogP contribution in [0.25, 0.3) is 0 Å². The van der Waals surface area contributed by atoms with Crippen LogP contribution in [-0.2, 0) is 9.53 Å². The highest BCUT2D eigenvalue weighted by molar-refractivity contribution is 5.93. The fourth-order valence-electron chi connectivity index (χ4n) is 3.87. The molecule has 25 heavy (non-hydrogen) atoms. The number of aromatic nitrogens is 1. The molecule has 6 heteroatoms. The number of carbonyl (C=O) groups is 2. The van der Waals surface area contributed by atoms with E-state index in [1.165, 1.54) is 0 Å². The van der Waals surface area contributed by atoms with Crippen molar-refractivity contribution in [2.24, 2.45) is 17.8 Å². The van der Waals surface area contributed by atoms with Gasteiger partial charge in [-0.25, -0.2) is 0 Å². The zero-order valence-corrected chi connectivity index (χ0v) is 14.6. The van der Waals surface area contributed by atoms with E-state index in [2.05, 4.69) is 17.2 Å². The lowest BCUT2D eigenvalue weighted by molar-refractivity contribution is -0.189. The molecule has 1 aromatic rings. The van der Waals surface area contributed by atoms with Crippen LogP contribution in [0.4, 0.5) is 0 Å². The number of carbonyl (C=O) groups excluding carboxylic acids is 2. The molecule has 3 atom stereocenters. The molecular weight excluding hydrogens is 318 g/mol. The summed E-state index contributed by atoms with van der Waals surface area (Å²) in [6, 6.07) is 3.52. The summed E-state index contributed by atoms with van der Waals surface area (Å²) >= 11 is 0. The maximum absolute atomic E-state index is 12.2. The molecule has 2 amide bonds. The van der Waals surface area contributed by atoms with Crippen LogP contribution < -0.4 is 5.32 Å². The van der Waals surface area contributed by atoms with Gasteiger partial charge in [0.2, 0.25) is 5.91 Å². The highest BCUT2D eigenvalue weighted by atomic mass is 16.5. The number of hydrogen-bond donors (Lipinski definition) is 1. The Morgan fingerprint density at radius 1 is 1.44 bits per heavy atom. The Morgan fingerprint density at radius 3 is 2.84 bits per heavy atom. The summed E-state index contributed by atoms with van der Waals surface area (Å²) in [6.07, 6.45) is 6.26. The van der Waals surface area contributed by atoms with Gasteiger partial charge in [-0.05, 0) is 43.2 Å². The maximum atomic E-state index is 12.2. The number of amides is 2. The molecule has 2 aliphatic heterocycles. The van der Waals surface area contributed by atoms with Crippen LogP contribution in [-0.4, -0.2) is 53.5 Å². The molecule has 3 fully saturated rings. The lowest BCUT2D eigenvalue weighted by Crippen LogP contribution is -2.66. The van der Waals surface area contributed by atoms with Gasteiger partial charge in [-0.1, -0.05) is 6.92 Å². The molecule has 0 bridgehead atoms. The SMILES string of the molecule is CC1CC1C(=O)N1CC2(CCC(CNC(=O)c3cccnc3)CO2)C1. The summed E-state index contributed by atoms with van der Waals surface area (Å²) in [7, 11) is 0. The Morgan fingerprint density at radius 2 is 2.24 bits per heavy atom. The van der Waals surface area contributed by atoms with E-state index in [9.17, 15) is 9.59 Å². The van der Waals surface area contributed by atoms with E-state index >= 15 is 0 Å². The minimum absolute atomic E-state index is 0.0904.